The maximum atomic E-state index is 12.9. The summed E-state index contributed by atoms with van der Waals surface area (Å²) in [4.78, 5) is 0. The van der Waals surface area contributed by atoms with Crippen LogP contribution in [0.15, 0.2) is 30.4 Å². The molecule has 0 aliphatic carbocycles. The van der Waals surface area contributed by atoms with Crippen LogP contribution in [0.5, 0.6) is 5.75 Å². The summed E-state index contributed by atoms with van der Waals surface area (Å²) in [6.07, 6.45) is 0.615. The predicted octanol–water partition coefficient (Wildman–Crippen LogP) is 2.92. The van der Waals surface area contributed by atoms with Crippen molar-refractivity contribution in [3.63, 3.8) is 0 Å². The van der Waals surface area contributed by atoms with Crippen LogP contribution in [0.25, 0.3) is 0 Å². The number of hydrogen-bond donors (Lipinski definition) is 2. The Morgan fingerprint density at radius 3 is 2.67 bits per heavy atom. The highest BCUT2D eigenvalue weighted by atomic mass is 35.5. The molecule has 0 aromatic heterocycles. The van der Waals surface area contributed by atoms with Gasteiger partial charge in [0.1, 0.15) is 0 Å². The molecule has 1 aromatic carbocycles. The monoisotopic (exact) mass is 231 g/mol. The molecule has 1 rings (SSSR count). The molecule has 0 aliphatic rings. The standard InChI is InChI=1S/C11H14FNO.ClH/c1-7(2)5-10(13)8-3-4-11(14)9(12)6-8;/h3-4,6,10,14H,1,5,13H2,2H3;1H/t10-;/m0./s1. The second kappa shape index (κ2) is 5.73. The number of aromatic hydroxyl groups is 1. The van der Waals surface area contributed by atoms with E-state index in [1.165, 1.54) is 12.1 Å². The van der Waals surface area contributed by atoms with E-state index in [4.69, 9.17) is 10.8 Å². The Bertz CT molecular complexity index is 354. The Morgan fingerprint density at radius 1 is 1.60 bits per heavy atom. The SMILES string of the molecule is C=C(C)C[C@H](N)c1ccc(O)c(F)c1.Cl. The van der Waals surface area contributed by atoms with E-state index in [9.17, 15) is 4.39 Å². The van der Waals surface area contributed by atoms with Gasteiger partial charge in [-0.1, -0.05) is 11.6 Å². The molecular weight excluding hydrogens is 217 g/mol. The third kappa shape index (κ3) is 3.90. The molecule has 3 N–H and O–H groups in total. The second-order valence-electron chi connectivity index (χ2n) is 3.48. The Balaban J connectivity index is 0.00000196. The number of rotatable bonds is 3. The van der Waals surface area contributed by atoms with Gasteiger partial charge < -0.3 is 10.8 Å². The first-order chi connectivity index (χ1) is 6.50. The maximum Gasteiger partial charge on any atom is 0.165 e. The minimum atomic E-state index is -0.639. The molecule has 4 heteroatoms. The van der Waals surface area contributed by atoms with Gasteiger partial charge in [0.15, 0.2) is 11.6 Å². The van der Waals surface area contributed by atoms with E-state index in [1.807, 2.05) is 6.92 Å². The van der Waals surface area contributed by atoms with Crippen LogP contribution in [0.3, 0.4) is 0 Å². The molecule has 0 radical (unpaired) electrons. The zero-order valence-electron chi connectivity index (χ0n) is 8.53. The van der Waals surface area contributed by atoms with Gasteiger partial charge in [-0.3, -0.25) is 0 Å². The summed E-state index contributed by atoms with van der Waals surface area (Å²) in [6.45, 7) is 5.61. The van der Waals surface area contributed by atoms with Crippen molar-refractivity contribution in [1.29, 1.82) is 0 Å². The van der Waals surface area contributed by atoms with E-state index in [0.717, 1.165) is 5.57 Å². The molecule has 0 unspecified atom stereocenters. The number of nitrogens with two attached hydrogens (primary N) is 1. The fraction of sp³-hybridized carbons (Fsp3) is 0.273. The van der Waals surface area contributed by atoms with Crippen LogP contribution < -0.4 is 5.73 Å². The first-order valence-electron chi connectivity index (χ1n) is 4.39. The topological polar surface area (TPSA) is 46.2 Å². The summed E-state index contributed by atoms with van der Waals surface area (Å²) in [6, 6.07) is 3.92. The number of hydrogen-bond acceptors (Lipinski definition) is 2. The van der Waals surface area contributed by atoms with Gasteiger partial charge >= 0.3 is 0 Å². The van der Waals surface area contributed by atoms with E-state index < -0.39 is 5.82 Å². The summed E-state index contributed by atoms with van der Waals surface area (Å²) in [5.41, 5.74) is 7.43. The Labute approximate surface area is 95.0 Å². The number of benzene rings is 1. The lowest BCUT2D eigenvalue weighted by atomic mass is 10.0. The summed E-state index contributed by atoms with van der Waals surface area (Å²) in [5, 5.41) is 8.97. The minimum absolute atomic E-state index is 0. The van der Waals surface area contributed by atoms with Crippen LogP contribution in [0.1, 0.15) is 24.9 Å². The van der Waals surface area contributed by atoms with Crippen molar-refractivity contribution in [3.8, 4) is 5.75 Å². The third-order valence-corrected chi connectivity index (χ3v) is 1.97. The molecule has 0 amide bonds. The third-order valence-electron chi connectivity index (χ3n) is 1.97. The highest BCUT2D eigenvalue weighted by molar-refractivity contribution is 5.85. The summed E-state index contributed by atoms with van der Waals surface area (Å²) in [5.74, 6) is -0.990. The highest BCUT2D eigenvalue weighted by Crippen LogP contribution is 2.22. The van der Waals surface area contributed by atoms with Crippen molar-refractivity contribution in [3.05, 3.63) is 41.7 Å². The molecule has 0 fully saturated rings. The van der Waals surface area contributed by atoms with Crippen LogP contribution in [0.2, 0.25) is 0 Å². The largest absolute Gasteiger partial charge is 0.505 e. The highest BCUT2D eigenvalue weighted by Gasteiger charge is 2.08. The fourth-order valence-corrected chi connectivity index (χ4v) is 1.25. The van der Waals surface area contributed by atoms with Crippen LogP contribution in [0, 0.1) is 5.82 Å². The molecule has 1 aromatic rings. The molecule has 0 spiro atoms. The molecule has 1 atom stereocenters. The van der Waals surface area contributed by atoms with Gasteiger partial charge in [-0.25, -0.2) is 4.39 Å². The average Bonchev–Trinajstić information content (AvgIpc) is 2.08. The molecule has 0 saturated heterocycles. The molecular formula is C11H15ClFNO. The lowest BCUT2D eigenvalue weighted by molar-refractivity contribution is 0.431. The number of halogens is 2. The van der Waals surface area contributed by atoms with E-state index in [0.29, 0.717) is 12.0 Å². The van der Waals surface area contributed by atoms with Crippen molar-refractivity contribution in [2.45, 2.75) is 19.4 Å². The van der Waals surface area contributed by atoms with Crippen LogP contribution in [0.4, 0.5) is 4.39 Å². The fourth-order valence-electron chi connectivity index (χ4n) is 1.25. The van der Waals surface area contributed by atoms with Crippen LogP contribution in [-0.2, 0) is 0 Å². The molecule has 0 aliphatic heterocycles. The normalized spacial score (nSPS) is 11.7. The van der Waals surface area contributed by atoms with Gasteiger partial charge in [-0.15, -0.1) is 19.0 Å². The Morgan fingerprint density at radius 2 is 2.20 bits per heavy atom. The van der Waals surface area contributed by atoms with Gasteiger partial charge in [0.25, 0.3) is 0 Å². The van der Waals surface area contributed by atoms with Gasteiger partial charge in [0.2, 0.25) is 0 Å². The first kappa shape index (κ1) is 13.9. The lowest BCUT2D eigenvalue weighted by Gasteiger charge is -2.11. The molecule has 0 heterocycles. The zero-order chi connectivity index (χ0) is 10.7. The Kier molecular flexibility index (Phi) is 5.33. The van der Waals surface area contributed by atoms with Crippen LogP contribution >= 0.6 is 12.4 Å². The first-order valence-corrected chi connectivity index (χ1v) is 4.39. The van der Waals surface area contributed by atoms with E-state index in [1.54, 1.807) is 6.07 Å². The molecule has 15 heavy (non-hydrogen) atoms. The predicted molar refractivity (Wildman–Crippen MR) is 61.7 cm³/mol. The quantitative estimate of drug-likeness (QED) is 0.786. The number of phenols is 1. The van der Waals surface area contributed by atoms with Crippen molar-refractivity contribution in [2.75, 3.05) is 0 Å². The van der Waals surface area contributed by atoms with Gasteiger partial charge in [-0.2, -0.15) is 0 Å². The zero-order valence-corrected chi connectivity index (χ0v) is 9.35. The van der Waals surface area contributed by atoms with E-state index in [2.05, 4.69) is 6.58 Å². The smallest absolute Gasteiger partial charge is 0.165 e. The van der Waals surface area contributed by atoms with Gasteiger partial charge in [-0.05, 0) is 31.0 Å². The Hall–Kier alpha value is -1.06. The van der Waals surface area contributed by atoms with Crippen molar-refractivity contribution >= 4 is 12.4 Å². The van der Waals surface area contributed by atoms with Gasteiger partial charge in [0, 0.05) is 6.04 Å². The lowest BCUT2D eigenvalue weighted by Crippen LogP contribution is -2.10. The van der Waals surface area contributed by atoms with Gasteiger partial charge in [0.05, 0.1) is 0 Å². The molecule has 0 saturated carbocycles. The van der Waals surface area contributed by atoms with E-state index in [-0.39, 0.29) is 24.2 Å². The van der Waals surface area contributed by atoms with Crippen LogP contribution in [-0.4, -0.2) is 5.11 Å². The summed E-state index contributed by atoms with van der Waals surface area (Å²) < 4.78 is 12.9. The maximum absolute atomic E-state index is 12.9. The molecule has 84 valence electrons. The summed E-state index contributed by atoms with van der Waals surface area (Å²) in [7, 11) is 0. The number of phenolic OH excluding ortho intramolecular Hbond substituents is 1. The summed E-state index contributed by atoms with van der Waals surface area (Å²) >= 11 is 0. The van der Waals surface area contributed by atoms with E-state index >= 15 is 0 Å². The second-order valence-corrected chi connectivity index (χ2v) is 3.48. The molecule has 2 nitrogen and oxygen atoms in total. The van der Waals surface area contributed by atoms with Crippen molar-refractivity contribution < 1.29 is 9.50 Å². The molecule has 0 bridgehead atoms. The van der Waals surface area contributed by atoms with Crippen molar-refractivity contribution in [1.82, 2.24) is 0 Å². The minimum Gasteiger partial charge on any atom is -0.505 e. The van der Waals surface area contributed by atoms with Crippen molar-refractivity contribution in [2.24, 2.45) is 5.73 Å². The average molecular weight is 232 g/mol.